The molecule has 0 radical (unpaired) electrons. The third-order valence-electron chi connectivity index (χ3n) is 2.16. The summed E-state index contributed by atoms with van der Waals surface area (Å²) in [6.07, 6.45) is -0.686. The van der Waals surface area contributed by atoms with Crippen LogP contribution >= 0.6 is 11.6 Å². The molecule has 0 bridgehead atoms. The van der Waals surface area contributed by atoms with E-state index in [1.807, 2.05) is 0 Å². The van der Waals surface area contributed by atoms with Gasteiger partial charge in [0.05, 0.1) is 7.11 Å². The van der Waals surface area contributed by atoms with Crippen LogP contribution in [0.4, 0.5) is 4.79 Å². The number of benzene rings is 1. The van der Waals surface area contributed by atoms with Gasteiger partial charge in [-0.2, -0.15) is 0 Å². The summed E-state index contributed by atoms with van der Waals surface area (Å²) in [7, 11) is 1.17. The Morgan fingerprint density at radius 2 is 2.12 bits per heavy atom. The quantitative estimate of drug-likeness (QED) is 0.861. The van der Waals surface area contributed by atoms with Gasteiger partial charge in [0.1, 0.15) is 6.04 Å². The van der Waals surface area contributed by atoms with E-state index < -0.39 is 18.1 Å². The summed E-state index contributed by atoms with van der Waals surface area (Å²) < 4.78 is 4.35. The molecule has 0 aliphatic heterocycles. The van der Waals surface area contributed by atoms with E-state index in [-0.39, 0.29) is 6.42 Å². The maximum absolute atomic E-state index is 11.0. The highest BCUT2D eigenvalue weighted by molar-refractivity contribution is 6.31. The molecule has 0 fully saturated rings. The van der Waals surface area contributed by atoms with Crippen molar-refractivity contribution >= 4 is 23.7 Å². The number of carbonyl (C=O) groups excluding carboxylic acids is 1. The summed E-state index contributed by atoms with van der Waals surface area (Å²) in [4.78, 5) is 21.9. The van der Waals surface area contributed by atoms with Crippen LogP contribution in [0, 0.1) is 0 Å². The van der Waals surface area contributed by atoms with Crippen molar-refractivity contribution in [3.63, 3.8) is 0 Å². The zero-order valence-corrected chi connectivity index (χ0v) is 9.90. The van der Waals surface area contributed by atoms with Crippen LogP contribution in [0.1, 0.15) is 5.56 Å². The molecule has 92 valence electrons. The van der Waals surface area contributed by atoms with E-state index in [4.69, 9.17) is 16.7 Å². The monoisotopic (exact) mass is 257 g/mol. The molecule has 6 heteroatoms. The highest BCUT2D eigenvalue weighted by Gasteiger charge is 2.21. The van der Waals surface area contributed by atoms with Crippen LogP contribution in [-0.4, -0.2) is 30.3 Å². The number of hydrogen-bond acceptors (Lipinski definition) is 3. The lowest BCUT2D eigenvalue weighted by Crippen LogP contribution is -2.42. The van der Waals surface area contributed by atoms with Crippen LogP contribution in [0.2, 0.25) is 5.02 Å². The van der Waals surface area contributed by atoms with Gasteiger partial charge in [-0.25, -0.2) is 9.59 Å². The lowest BCUT2D eigenvalue weighted by Gasteiger charge is -2.14. The minimum Gasteiger partial charge on any atom is -0.480 e. The number of carboxylic acids is 1. The van der Waals surface area contributed by atoms with E-state index in [1.165, 1.54) is 7.11 Å². The maximum Gasteiger partial charge on any atom is 0.407 e. The van der Waals surface area contributed by atoms with E-state index in [2.05, 4.69) is 10.1 Å². The van der Waals surface area contributed by atoms with Crippen molar-refractivity contribution in [1.29, 1.82) is 0 Å². The summed E-state index contributed by atoms with van der Waals surface area (Å²) in [6.45, 7) is 0. The van der Waals surface area contributed by atoms with Gasteiger partial charge >= 0.3 is 12.1 Å². The smallest absolute Gasteiger partial charge is 0.407 e. The first kappa shape index (κ1) is 13.3. The van der Waals surface area contributed by atoms with Gasteiger partial charge in [-0.1, -0.05) is 29.8 Å². The normalized spacial score (nSPS) is 11.6. The molecule has 0 aliphatic rings. The first-order valence-corrected chi connectivity index (χ1v) is 5.23. The number of carbonyl (C=O) groups is 2. The highest BCUT2D eigenvalue weighted by atomic mass is 35.5. The van der Waals surface area contributed by atoms with Crippen LogP contribution in [0.5, 0.6) is 0 Å². The number of rotatable bonds is 4. The number of hydrogen-bond donors (Lipinski definition) is 2. The molecule has 1 rings (SSSR count). The second-order valence-electron chi connectivity index (χ2n) is 3.32. The Bertz CT molecular complexity index is 422. The number of halogens is 1. The average molecular weight is 258 g/mol. The molecule has 1 aromatic carbocycles. The summed E-state index contributed by atoms with van der Waals surface area (Å²) in [5.41, 5.74) is 0.651. The third kappa shape index (κ3) is 3.96. The molecule has 1 atom stereocenters. The fourth-order valence-electron chi connectivity index (χ4n) is 1.29. The second kappa shape index (κ2) is 6.10. The molecular formula is C11H12ClNO4. The molecule has 0 spiro atoms. The van der Waals surface area contributed by atoms with Gasteiger partial charge in [0, 0.05) is 11.4 Å². The summed E-state index contributed by atoms with van der Waals surface area (Å²) in [5.74, 6) is -1.14. The van der Waals surface area contributed by atoms with Crippen molar-refractivity contribution in [2.24, 2.45) is 0 Å². The lowest BCUT2D eigenvalue weighted by atomic mass is 10.1. The molecule has 5 nitrogen and oxygen atoms in total. The highest BCUT2D eigenvalue weighted by Crippen LogP contribution is 2.16. The molecule has 0 aromatic heterocycles. The zero-order chi connectivity index (χ0) is 12.8. The van der Waals surface area contributed by atoms with E-state index >= 15 is 0 Å². The predicted molar refractivity (Wildman–Crippen MR) is 62.1 cm³/mol. The van der Waals surface area contributed by atoms with Gasteiger partial charge < -0.3 is 15.2 Å². The van der Waals surface area contributed by atoms with Gasteiger partial charge in [-0.3, -0.25) is 0 Å². The van der Waals surface area contributed by atoms with Crippen molar-refractivity contribution in [1.82, 2.24) is 5.32 Å². The molecule has 0 saturated heterocycles. The van der Waals surface area contributed by atoms with Gasteiger partial charge in [-0.05, 0) is 11.6 Å². The third-order valence-corrected chi connectivity index (χ3v) is 2.53. The molecular weight excluding hydrogens is 246 g/mol. The Morgan fingerprint density at radius 1 is 1.47 bits per heavy atom. The molecule has 2 N–H and O–H groups in total. The van der Waals surface area contributed by atoms with Crippen molar-refractivity contribution in [3.8, 4) is 0 Å². The Balaban J connectivity index is 2.77. The number of nitrogens with one attached hydrogen (secondary N) is 1. The largest absolute Gasteiger partial charge is 0.480 e. The Hall–Kier alpha value is -1.75. The second-order valence-corrected chi connectivity index (χ2v) is 3.73. The minimum absolute atomic E-state index is 0.101. The number of methoxy groups -OCH3 is 1. The molecule has 0 aliphatic carbocycles. The van der Waals surface area contributed by atoms with Crippen molar-refractivity contribution < 1.29 is 19.4 Å². The van der Waals surface area contributed by atoms with E-state index in [9.17, 15) is 9.59 Å². The minimum atomic E-state index is -1.14. The van der Waals surface area contributed by atoms with Crippen LogP contribution in [0.3, 0.4) is 0 Å². The molecule has 17 heavy (non-hydrogen) atoms. The molecule has 1 unspecified atom stereocenters. The summed E-state index contributed by atoms with van der Waals surface area (Å²) in [6, 6.07) is 5.79. The van der Waals surface area contributed by atoms with Gasteiger partial charge in [0.25, 0.3) is 0 Å². The average Bonchev–Trinajstić information content (AvgIpc) is 2.30. The number of ether oxygens (including phenoxy) is 1. The predicted octanol–water partition coefficient (Wildman–Crippen LogP) is 1.69. The molecule has 0 saturated carbocycles. The Kier molecular flexibility index (Phi) is 4.78. The standard InChI is InChI=1S/C11H12ClNO4/c1-17-11(16)13-9(10(14)15)6-7-4-2-3-5-8(7)12/h2-5,9H,6H2,1H3,(H,13,16)(H,14,15). The first-order valence-electron chi connectivity index (χ1n) is 4.85. The molecule has 1 aromatic rings. The molecule has 1 amide bonds. The van der Waals surface area contributed by atoms with Crippen LogP contribution < -0.4 is 5.32 Å². The SMILES string of the molecule is COC(=O)NC(Cc1ccccc1Cl)C(=O)O. The zero-order valence-electron chi connectivity index (χ0n) is 9.14. The first-order chi connectivity index (χ1) is 8.04. The fourth-order valence-corrected chi connectivity index (χ4v) is 1.50. The van der Waals surface area contributed by atoms with Gasteiger partial charge in [0.15, 0.2) is 0 Å². The topological polar surface area (TPSA) is 75.6 Å². The maximum atomic E-state index is 11.0. The van der Waals surface area contributed by atoms with E-state index in [1.54, 1.807) is 24.3 Å². The molecule has 0 heterocycles. The lowest BCUT2D eigenvalue weighted by molar-refractivity contribution is -0.139. The van der Waals surface area contributed by atoms with Crippen molar-refractivity contribution in [2.45, 2.75) is 12.5 Å². The fraction of sp³-hybridized carbons (Fsp3) is 0.273. The van der Waals surface area contributed by atoms with Crippen LogP contribution in [-0.2, 0) is 16.0 Å². The number of aliphatic carboxylic acids is 1. The number of alkyl carbamates (subject to hydrolysis) is 1. The van der Waals surface area contributed by atoms with Crippen molar-refractivity contribution in [2.75, 3.05) is 7.11 Å². The van der Waals surface area contributed by atoms with Crippen LogP contribution in [0.15, 0.2) is 24.3 Å². The number of amides is 1. The van der Waals surface area contributed by atoms with Gasteiger partial charge in [-0.15, -0.1) is 0 Å². The Labute approximate surface area is 103 Å². The number of carboxylic acid groups (broad SMARTS) is 1. The Morgan fingerprint density at radius 3 is 2.65 bits per heavy atom. The van der Waals surface area contributed by atoms with E-state index in [0.717, 1.165) is 0 Å². The summed E-state index contributed by atoms with van der Waals surface area (Å²) in [5, 5.41) is 11.6. The summed E-state index contributed by atoms with van der Waals surface area (Å²) >= 11 is 5.91. The van der Waals surface area contributed by atoms with Crippen LogP contribution in [0.25, 0.3) is 0 Å². The van der Waals surface area contributed by atoms with Gasteiger partial charge in [0.2, 0.25) is 0 Å². The van der Waals surface area contributed by atoms with E-state index in [0.29, 0.717) is 10.6 Å². The van der Waals surface area contributed by atoms with Crippen molar-refractivity contribution in [3.05, 3.63) is 34.9 Å².